The molecule has 1 heteroatoms. The largest absolute Gasteiger partial charge is 0.350 e. The predicted molar refractivity (Wildman–Crippen MR) is 85.1 cm³/mol. The van der Waals surface area contributed by atoms with Gasteiger partial charge in [0.15, 0.2) is 0 Å². The average Bonchev–Trinajstić information content (AvgIpc) is 2.57. The quantitative estimate of drug-likeness (QED) is 0.675. The Hall–Kier alpha value is -2.02. The fraction of sp³-hybridized carbons (Fsp3) is 0.222. The van der Waals surface area contributed by atoms with Crippen molar-refractivity contribution in [1.29, 1.82) is 0 Å². The zero-order valence-corrected chi connectivity index (χ0v) is 10.8. The first-order valence-electron chi connectivity index (χ1n) is 6.37. The fourth-order valence-corrected chi connectivity index (χ4v) is 2.46. The second-order valence-corrected chi connectivity index (χ2v) is 4.90. The minimum atomic E-state index is 0. The van der Waals surface area contributed by atoms with Crippen molar-refractivity contribution in [3.63, 3.8) is 0 Å². The minimum absolute atomic E-state index is 0. The van der Waals surface area contributed by atoms with Gasteiger partial charge in [0.05, 0.1) is 0 Å². The van der Waals surface area contributed by atoms with Crippen LogP contribution in [0, 0.1) is 5.92 Å². The van der Waals surface area contributed by atoms with Crippen LogP contribution in [0.25, 0.3) is 16.5 Å². The Bertz CT molecular complexity index is 668. The van der Waals surface area contributed by atoms with Crippen molar-refractivity contribution >= 4 is 16.5 Å². The lowest BCUT2D eigenvalue weighted by Crippen LogP contribution is -1.82. The van der Waals surface area contributed by atoms with Gasteiger partial charge in [-0.25, -0.2) is 0 Å². The monoisotopic (exact) mass is 251 g/mol. The highest BCUT2D eigenvalue weighted by Gasteiger charge is 2.09. The highest BCUT2D eigenvalue weighted by atomic mass is 14.9. The van der Waals surface area contributed by atoms with E-state index in [9.17, 15) is 0 Å². The third-order valence-corrected chi connectivity index (χ3v) is 3.48. The molecule has 0 saturated heterocycles. The minimum Gasteiger partial charge on any atom is -0.350 e. The molecule has 1 nitrogen and oxygen atoms in total. The molecule has 98 valence electrons. The van der Waals surface area contributed by atoms with E-state index in [0.29, 0.717) is 5.92 Å². The summed E-state index contributed by atoms with van der Waals surface area (Å²) in [6.07, 6.45) is 13.3. The smallest absolute Gasteiger partial charge is 0.0484 e. The molecular weight excluding hydrogens is 230 g/mol. The van der Waals surface area contributed by atoms with E-state index in [1.165, 1.54) is 22.0 Å². The van der Waals surface area contributed by atoms with E-state index in [2.05, 4.69) is 79.4 Å². The van der Waals surface area contributed by atoms with Gasteiger partial charge in [-0.2, -0.15) is 0 Å². The van der Waals surface area contributed by atoms with Gasteiger partial charge in [-0.1, -0.05) is 62.9 Å². The maximum absolute atomic E-state index is 2.25. The van der Waals surface area contributed by atoms with Crippen LogP contribution in [-0.2, 0) is 7.05 Å². The number of allylic oxidation sites excluding steroid dienone is 6. The summed E-state index contributed by atoms with van der Waals surface area (Å²) in [5, 5.41) is 1.32. The van der Waals surface area contributed by atoms with Gasteiger partial charge >= 0.3 is 0 Å². The highest BCUT2D eigenvalue weighted by Crippen LogP contribution is 2.28. The second kappa shape index (κ2) is 5.31. The van der Waals surface area contributed by atoms with E-state index in [4.69, 9.17) is 0 Å². The molecule has 0 bridgehead atoms. The molecule has 0 saturated carbocycles. The molecule has 3 rings (SSSR count). The molecule has 1 unspecified atom stereocenters. The van der Waals surface area contributed by atoms with Crippen LogP contribution in [0.4, 0.5) is 0 Å². The summed E-state index contributed by atoms with van der Waals surface area (Å²) in [4.78, 5) is 0. The number of benzene rings is 1. The number of aromatic nitrogens is 1. The van der Waals surface area contributed by atoms with Gasteiger partial charge in [0.2, 0.25) is 0 Å². The normalized spacial score (nSPS) is 18.0. The van der Waals surface area contributed by atoms with Crippen molar-refractivity contribution in [1.82, 2.24) is 4.57 Å². The van der Waals surface area contributed by atoms with Crippen molar-refractivity contribution in [2.45, 2.75) is 14.4 Å². The predicted octanol–water partition coefficient (Wildman–Crippen LogP) is 4.96. The lowest BCUT2D eigenvalue weighted by molar-refractivity contribution is 0.943. The lowest BCUT2D eigenvalue weighted by atomic mass is 10.0. The van der Waals surface area contributed by atoms with Crippen LogP contribution in [0.2, 0.25) is 0 Å². The molecule has 0 N–H and O–H groups in total. The fourth-order valence-electron chi connectivity index (χ4n) is 2.46. The molecule has 1 aromatic carbocycles. The molecule has 0 aliphatic heterocycles. The zero-order chi connectivity index (χ0) is 12.5. The molecule has 0 radical (unpaired) electrons. The molecule has 19 heavy (non-hydrogen) atoms. The van der Waals surface area contributed by atoms with E-state index in [1.54, 1.807) is 0 Å². The topological polar surface area (TPSA) is 4.93 Å². The van der Waals surface area contributed by atoms with Gasteiger partial charge in [-0.15, -0.1) is 0 Å². The Morgan fingerprint density at radius 2 is 1.89 bits per heavy atom. The Labute approximate surface area is 115 Å². The summed E-state index contributed by atoms with van der Waals surface area (Å²) in [5.74, 6) is 0.508. The Morgan fingerprint density at radius 1 is 1.11 bits per heavy atom. The highest BCUT2D eigenvalue weighted by molar-refractivity contribution is 5.95. The van der Waals surface area contributed by atoms with Crippen molar-refractivity contribution < 1.29 is 0 Å². The van der Waals surface area contributed by atoms with E-state index >= 15 is 0 Å². The molecule has 1 atom stereocenters. The number of para-hydroxylation sites is 1. The number of rotatable bonds is 1. The van der Waals surface area contributed by atoms with Crippen molar-refractivity contribution in [3.05, 3.63) is 66.4 Å². The van der Waals surface area contributed by atoms with Gasteiger partial charge in [-0.3, -0.25) is 0 Å². The molecule has 0 amide bonds. The summed E-state index contributed by atoms with van der Waals surface area (Å²) in [6.45, 7) is 2.20. The van der Waals surface area contributed by atoms with Crippen LogP contribution in [0.3, 0.4) is 0 Å². The number of aryl methyl sites for hydroxylation is 1. The Kier molecular flexibility index (Phi) is 3.75. The molecular formula is C18H21N. The SMILES string of the molecule is C.CC1C=CC=C(c2cn(C)c3ccccc23)C=C1. The zero-order valence-electron chi connectivity index (χ0n) is 10.8. The lowest BCUT2D eigenvalue weighted by Gasteiger charge is -1.99. The van der Waals surface area contributed by atoms with E-state index < -0.39 is 0 Å². The Morgan fingerprint density at radius 3 is 2.74 bits per heavy atom. The maximum atomic E-state index is 2.25. The second-order valence-electron chi connectivity index (χ2n) is 4.90. The van der Waals surface area contributed by atoms with E-state index in [0.717, 1.165) is 0 Å². The number of nitrogens with zero attached hydrogens (tertiary/aromatic N) is 1. The number of hydrogen-bond acceptors (Lipinski definition) is 0. The summed E-state index contributed by atoms with van der Waals surface area (Å²) in [7, 11) is 2.10. The summed E-state index contributed by atoms with van der Waals surface area (Å²) >= 11 is 0. The van der Waals surface area contributed by atoms with Crippen LogP contribution >= 0.6 is 0 Å². The number of fused-ring (bicyclic) bond motifs is 1. The van der Waals surface area contributed by atoms with Crippen molar-refractivity contribution in [2.75, 3.05) is 0 Å². The average molecular weight is 251 g/mol. The third-order valence-electron chi connectivity index (χ3n) is 3.48. The molecule has 0 fully saturated rings. The van der Waals surface area contributed by atoms with Gasteiger partial charge in [-0.05, 0) is 17.6 Å². The van der Waals surface area contributed by atoms with E-state index in [-0.39, 0.29) is 7.43 Å². The summed E-state index contributed by atoms with van der Waals surface area (Å²) < 4.78 is 2.19. The summed E-state index contributed by atoms with van der Waals surface area (Å²) in [5.41, 5.74) is 3.87. The molecule has 0 spiro atoms. The van der Waals surface area contributed by atoms with Gasteiger partial charge < -0.3 is 4.57 Å². The van der Waals surface area contributed by atoms with Crippen molar-refractivity contribution in [3.8, 4) is 0 Å². The van der Waals surface area contributed by atoms with Crippen LogP contribution in [0.1, 0.15) is 19.9 Å². The van der Waals surface area contributed by atoms with Gasteiger partial charge in [0.1, 0.15) is 0 Å². The maximum Gasteiger partial charge on any atom is 0.0484 e. The van der Waals surface area contributed by atoms with Crippen LogP contribution < -0.4 is 0 Å². The Balaban J connectivity index is 0.00000133. The molecule has 2 aromatic rings. The third kappa shape index (κ3) is 2.41. The van der Waals surface area contributed by atoms with Gasteiger partial charge in [0, 0.05) is 29.7 Å². The van der Waals surface area contributed by atoms with Crippen LogP contribution in [0.5, 0.6) is 0 Å². The molecule has 1 aromatic heterocycles. The van der Waals surface area contributed by atoms with Crippen LogP contribution in [0.15, 0.2) is 60.8 Å². The standard InChI is InChI=1S/C17H17N.CH4/c1-13-6-5-7-14(11-10-13)16-12-18(2)17-9-4-3-8-15(16)17;/h3-13H,1-2H3;1H4. The molecule has 1 aliphatic rings. The first-order valence-corrected chi connectivity index (χ1v) is 6.37. The van der Waals surface area contributed by atoms with Crippen molar-refractivity contribution in [2.24, 2.45) is 13.0 Å². The number of hydrogen-bond donors (Lipinski definition) is 0. The first-order chi connectivity index (χ1) is 8.75. The van der Waals surface area contributed by atoms with E-state index in [1.807, 2.05) is 0 Å². The van der Waals surface area contributed by atoms with Gasteiger partial charge in [0.25, 0.3) is 0 Å². The molecule has 1 aliphatic carbocycles. The molecule has 1 heterocycles. The van der Waals surface area contributed by atoms with Crippen LogP contribution in [-0.4, -0.2) is 4.57 Å². The summed E-state index contributed by atoms with van der Waals surface area (Å²) in [6, 6.07) is 8.55. The first kappa shape index (κ1) is 13.4.